The highest BCUT2D eigenvalue weighted by Crippen LogP contribution is 2.25. The molecule has 0 saturated heterocycles. The Morgan fingerprint density at radius 1 is 1.27 bits per heavy atom. The number of amides is 1. The molecule has 1 amide bonds. The zero-order valence-corrected chi connectivity index (χ0v) is 13.5. The molecular weight excluding hydrogens is 323 g/mol. The Hall–Kier alpha value is -1.98. The Labute approximate surface area is 135 Å². The lowest BCUT2D eigenvalue weighted by Crippen LogP contribution is -2.13. The van der Waals surface area contributed by atoms with Crippen molar-refractivity contribution in [3.63, 3.8) is 0 Å². The molecule has 0 N–H and O–H groups in total. The topological polar surface area (TPSA) is 34.4 Å². The Kier molecular flexibility index (Phi) is 3.85. The SMILES string of the molecule is Cc1cc(Cl)cc2sc(=NC(=O)c3ccc(F)cc3)n(C)c12. The summed E-state index contributed by atoms with van der Waals surface area (Å²) in [5, 5.41) is 0.656. The smallest absolute Gasteiger partial charge is 0.279 e. The van der Waals surface area contributed by atoms with Crippen molar-refractivity contribution in [1.29, 1.82) is 0 Å². The number of thiazole rings is 1. The number of aryl methyl sites for hydroxylation is 2. The number of nitrogens with zero attached hydrogens (tertiary/aromatic N) is 2. The van der Waals surface area contributed by atoms with Crippen LogP contribution < -0.4 is 4.80 Å². The summed E-state index contributed by atoms with van der Waals surface area (Å²) in [6.45, 7) is 1.96. The lowest BCUT2D eigenvalue weighted by molar-refractivity contribution is 0.0998. The maximum Gasteiger partial charge on any atom is 0.279 e. The van der Waals surface area contributed by atoms with Gasteiger partial charge in [-0.2, -0.15) is 4.99 Å². The Morgan fingerprint density at radius 2 is 1.95 bits per heavy atom. The summed E-state index contributed by atoms with van der Waals surface area (Å²) in [5.74, 6) is -0.778. The second-order valence-electron chi connectivity index (χ2n) is 4.94. The van der Waals surface area contributed by atoms with Crippen molar-refractivity contribution in [2.24, 2.45) is 12.0 Å². The van der Waals surface area contributed by atoms with Crippen molar-refractivity contribution < 1.29 is 9.18 Å². The second-order valence-corrected chi connectivity index (χ2v) is 6.38. The zero-order chi connectivity index (χ0) is 15.9. The highest BCUT2D eigenvalue weighted by Gasteiger charge is 2.09. The van der Waals surface area contributed by atoms with Crippen LogP contribution in [0.15, 0.2) is 41.4 Å². The van der Waals surface area contributed by atoms with Gasteiger partial charge in [-0.25, -0.2) is 4.39 Å². The molecule has 0 radical (unpaired) electrons. The second kappa shape index (κ2) is 5.66. The largest absolute Gasteiger partial charge is 0.319 e. The molecule has 22 heavy (non-hydrogen) atoms. The first-order valence-corrected chi connectivity index (χ1v) is 7.75. The number of fused-ring (bicyclic) bond motifs is 1. The number of benzene rings is 2. The van der Waals surface area contributed by atoms with Crippen LogP contribution in [0.4, 0.5) is 4.39 Å². The van der Waals surface area contributed by atoms with Crippen molar-refractivity contribution in [1.82, 2.24) is 4.57 Å². The Balaban J connectivity index is 2.13. The van der Waals surface area contributed by atoms with E-state index in [1.807, 2.05) is 30.7 Å². The molecule has 1 heterocycles. The number of carbonyl (C=O) groups is 1. The van der Waals surface area contributed by atoms with Crippen LogP contribution in [-0.2, 0) is 7.05 Å². The molecule has 0 aliphatic heterocycles. The van der Waals surface area contributed by atoms with E-state index in [9.17, 15) is 9.18 Å². The normalized spacial score (nSPS) is 12.1. The molecule has 0 atom stereocenters. The molecule has 3 rings (SSSR count). The third-order valence-electron chi connectivity index (χ3n) is 3.34. The minimum Gasteiger partial charge on any atom is -0.319 e. The summed E-state index contributed by atoms with van der Waals surface area (Å²) >= 11 is 7.46. The molecule has 1 aromatic heterocycles. The van der Waals surface area contributed by atoms with Crippen LogP contribution in [0, 0.1) is 12.7 Å². The van der Waals surface area contributed by atoms with Gasteiger partial charge in [-0.05, 0) is 48.9 Å². The minimum atomic E-state index is -0.397. The molecule has 3 nitrogen and oxygen atoms in total. The molecule has 0 saturated carbocycles. The summed E-state index contributed by atoms with van der Waals surface area (Å²) in [6.07, 6.45) is 0. The van der Waals surface area contributed by atoms with E-state index >= 15 is 0 Å². The standard InChI is InChI=1S/C16H12ClFN2OS/c1-9-7-11(17)8-13-14(9)20(2)16(22-13)19-15(21)10-3-5-12(18)6-4-10/h3-8H,1-2H3. The number of aromatic nitrogens is 1. The number of rotatable bonds is 1. The monoisotopic (exact) mass is 334 g/mol. The Bertz CT molecular complexity index is 941. The number of carbonyl (C=O) groups excluding carboxylic acids is 1. The van der Waals surface area contributed by atoms with Gasteiger partial charge in [-0.1, -0.05) is 22.9 Å². The van der Waals surface area contributed by atoms with Gasteiger partial charge in [0.25, 0.3) is 5.91 Å². The molecule has 112 valence electrons. The third kappa shape index (κ3) is 2.69. The molecule has 0 aliphatic rings. The van der Waals surface area contributed by atoms with Crippen LogP contribution in [0.3, 0.4) is 0 Å². The molecule has 0 spiro atoms. The van der Waals surface area contributed by atoms with Gasteiger partial charge in [0, 0.05) is 17.6 Å². The van der Waals surface area contributed by atoms with E-state index in [4.69, 9.17) is 11.6 Å². The van der Waals surface area contributed by atoms with E-state index in [0.717, 1.165) is 15.8 Å². The first-order chi connectivity index (χ1) is 10.5. The van der Waals surface area contributed by atoms with Gasteiger partial charge < -0.3 is 4.57 Å². The van der Waals surface area contributed by atoms with E-state index in [1.165, 1.54) is 35.6 Å². The van der Waals surface area contributed by atoms with Crippen molar-refractivity contribution in [2.45, 2.75) is 6.92 Å². The van der Waals surface area contributed by atoms with Crippen LogP contribution >= 0.6 is 22.9 Å². The van der Waals surface area contributed by atoms with Gasteiger partial charge in [-0.15, -0.1) is 0 Å². The quantitative estimate of drug-likeness (QED) is 0.660. The van der Waals surface area contributed by atoms with E-state index < -0.39 is 5.91 Å². The highest BCUT2D eigenvalue weighted by molar-refractivity contribution is 7.16. The van der Waals surface area contributed by atoms with Crippen LogP contribution in [0.2, 0.25) is 5.02 Å². The molecule has 0 aliphatic carbocycles. The first-order valence-electron chi connectivity index (χ1n) is 6.56. The van der Waals surface area contributed by atoms with Crippen LogP contribution in [0.1, 0.15) is 15.9 Å². The summed E-state index contributed by atoms with van der Waals surface area (Å²) in [5.41, 5.74) is 2.38. The molecule has 2 aromatic carbocycles. The van der Waals surface area contributed by atoms with E-state index in [1.54, 1.807) is 0 Å². The highest BCUT2D eigenvalue weighted by atomic mass is 35.5. The van der Waals surface area contributed by atoms with Crippen molar-refractivity contribution in [3.05, 3.63) is 63.2 Å². The molecule has 0 fully saturated rings. The third-order valence-corrected chi connectivity index (χ3v) is 4.64. The summed E-state index contributed by atoms with van der Waals surface area (Å²) < 4.78 is 15.7. The molecule has 0 unspecified atom stereocenters. The Morgan fingerprint density at radius 3 is 2.64 bits per heavy atom. The molecule has 3 aromatic rings. The zero-order valence-electron chi connectivity index (χ0n) is 11.9. The fourth-order valence-corrected chi connectivity index (χ4v) is 3.79. The predicted molar refractivity (Wildman–Crippen MR) is 86.8 cm³/mol. The fraction of sp³-hybridized carbons (Fsp3) is 0.125. The summed E-state index contributed by atoms with van der Waals surface area (Å²) in [4.78, 5) is 16.9. The van der Waals surface area contributed by atoms with Gasteiger partial charge in [0.05, 0.1) is 10.2 Å². The number of halogens is 2. The summed E-state index contributed by atoms with van der Waals surface area (Å²) in [7, 11) is 1.86. The maximum atomic E-state index is 12.9. The van der Waals surface area contributed by atoms with E-state index in [2.05, 4.69) is 4.99 Å². The van der Waals surface area contributed by atoms with E-state index in [-0.39, 0.29) is 5.82 Å². The average Bonchev–Trinajstić information content (AvgIpc) is 2.75. The van der Waals surface area contributed by atoms with Gasteiger partial charge in [0.2, 0.25) is 0 Å². The summed E-state index contributed by atoms with van der Waals surface area (Å²) in [6, 6.07) is 9.08. The van der Waals surface area contributed by atoms with Gasteiger partial charge in [-0.3, -0.25) is 4.79 Å². The lowest BCUT2D eigenvalue weighted by atomic mass is 10.2. The molecule has 0 bridgehead atoms. The molecule has 6 heteroatoms. The maximum absolute atomic E-state index is 12.9. The van der Waals surface area contributed by atoms with Crippen molar-refractivity contribution >= 4 is 39.1 Å². The molecular formula is C16H12ClFN2OS. The van der Waals surface area contributed by atoms with Crippen LogP contribution in [-0.4, -0.2) is 10.5 Å². The van der Waals surface area contributed by atoms with Crippen LogP contribution in [0.25, 0.3) is 10.2 Å². The van der Waals surface area contributed by atoms with E-state index in [0.29, 0.717) is 15.4 Å². The van der Waals surface area contributed by atoms with Crippen molar-refractivity contribution in [3.8, 4) is 0 Å². The average molecular weight is 335 g/mol. The van der Waals surface area contributed by atoms with Crippen LogP contribution in [0.5, 0.6) is 0 Å². The number of hydrogen-bond donors (Lipinski definition) is 0. The predicted octanol–water partition coefficient (Wildman–Crippen LogP) is 4.08. The van der Waals surface area contributed by atoms with Gasteiger partial charge in [0.15, 0.2) is 4.80 Å². The van der Waals surface area contributed by atoms with Gasteiger partial charge in [0.1, 0.15) is 5.82 Å². The lowest BCUT2D eigenvalue weighted by Gasteiger charge is -2.00. The number of hydrogen-bond acceptors (Lipinski definition) is 2. The van der Waals surface area contributed by atoms with Gasteiger partial charge >= 0.3 is 0 Å². The minimum absolute atomic E-state index is 0.355. The fourth-order valence-electron chi connectivity index (χ4n) is 2.32. The van der Waals surface area contributed by atoms with Crippen molar-refractivity contribution in [2.75, 3.05) is 0 Å². The first kappa shape index (κ1) is 14.9.